The Labute approximate surface area is 117 Å². The molecule has 0 spiro atoms. The molecular formula is C14H19N5O. The molecule has 2 aromatic rings. The lowest BCUT2D eigenvalue weighted by Crippen LogP contribution is -2.39. The van der Waals surface area contributed by atoms with E-state index in [1.165, 1.54) is 0 Å². The fourth-order valence-corrected chi connectivity index (χ4v) is 1.77. The van der Waals surface area contributed by atoms with Crippen molar-refractivity contribution >= 4 is 11.6 Å². The number of benzene rings is 1. The van der Waals surface area contributed by atoms with E-state index in [1.807, 2.05) is 45.0 Å². The van der Waals surface area contributed by atoms with Crippen molar-refractivity contribution in [2.75, 3.05) is 5.32 Å². The highest BCUT2D eigenvalue weighted by Crippen LogP contribution is 2.25. The molecule has 0 unspecified atom stereocenters. The Bertz CT molecular complexity index is 605. The molecule has 1 amide bonds. The number of carbonyl (C=O) groups excluding carboxylic acids is 1. The van der Waals surface area contributed by atoms with Crippen LogP contribution in [0.25, 0.3) is 11.4 Å². The van der Waals surface area contributed by atoms with Crippen LogP contribution in [0.2, 0.25) is 0 Å². The monoisotopic (exact) mass is 273 g/mol. The molecule has 2 rings (SSSR count). The number of aromatic nitrogens is 3. The van der Waals surface area contributed by atoms with E-state index < -0.39 is 6.04 Å². The predicted molar refractivity (Wildman–Crippen MR) is 78.0 cm³/mol. The summed E-state index contributed by atoms with van der Waals surface area (Å²) in [5.74, 6) is 1.14. The summed E-state index contributed by atoms with van der Waals surface area (Å²) >= 11 is 0. The quantitative estimate of drug-likeness (QED) is 0.790. The standard InChI is InChI=1S/C14H19N5O/c1-8(2)12(15)14(20)17-11-7-5-4-6-10(11)13-16-9(3)18-19-13/h4-8,12H,15H2,1-3H3,(H,17,20)(H,16,18,19)/t12-/m0/s1. The van der Waals surface area contributed by atoms with E-state index in [2.05, 4.69) is 20.5 Å². The van der Waals surface area contributed by atoms with Crippen LogP contribution >= 0.6 is 0 Å². The van der Waals surface area contributed by atoms with Crippen molar-refractivity contribution in [1.29, 1.82) is 0 Å². The number of hydrogen-bond acceptors (Lipinski definition) is 4. The van der Waals surface area contributed by atoms with E-state index in [4.69, 9.17) is 5.73 Å². The molecule has 1 heterocycles. The summed E-state index contributed by atoms with van der Waals surface area (Å²) in [6, 6.07) is 6.85. The van der Waals surface area contributed by atoms with Crippen LogP contribution in [0.5, 0.6) is 0 Å². The molecule has 1 atom stereocenters. The van der Waals surface area contributed by atoms with Crippen LogP contribution in [0, 0.1) is 12.8 Å². The van der Waals surface area contributed by atoms with Crippen molar-refractivity contribution in [3.05, 3.63) is 30.1 Å². The second kappa shape index (κ2) is 5.83. The van der Waals surface area contributed by atoms with E-state index >= 15 is 0 Å². The lowest BCUT2D eigenvalue weighted by Gasteiger charge is -2.16. The third-order valence-corrected chi connectivity index (χ3v) is 3.04. The average Bonchev–Trinajstić information content (AvgIpc) is 2.84. The molecule has 106 valence electrons. The van der Waals surface area contributed by atoms with E-state index in [0.717, 1.165) is 11.4 Å². The molecule has 20 heavy (non-hydrogen) atoms. The summed E-state index contributed by atoms with van der Waals surface area (Å²) in [5.41, 5.74) is 7.28. The first-order valence-electron chi connectivity index (χ1n) is 6.54. The van der Waals surface area contributed by atoms with Gasteiger partial charge < -0.3 is 11.1 Å². The van der Waals surface area contributed by atoms with Crippen molar-refractivity contribution in [1.82, 2.24) is 15.2 Å². The molecule has 0 aliphatic carbocycles. The Morgan fingerprint density at radius 2 is 2.05 bits per heavy atom. The normalized spacial score (nSPS) is 12.4. The van der Waals surface area contributed by atoms with Crippen molar-refractivity contribution in [2.24, 2.45) is 11.7 Å². The van der Waals surface area contributed by atoms with Crippen LogP contribution in [0.1, 0.15) is 19.7 Å². The van der Waals surface area contributed by atoms with E-state index in [9.17, 15) is 4.79 Å². The van der Waals surface area contributed by atoms with E-state index in [1.54, 1.807) is 0 Å². The molecule has 0 aliphatic rings. The second-order valence-electron chi connectivity index (χ2n) is 5.05. The second-order valence-corrected chi connectivity index (χ2v) is 5.05. The van der Waals surface area contributed by atoms with Gasteiger partial charge in [0.1, 0.15) is 5.82 Å². The molecule has 0 fully saturated rings. The van der Waals surface area contributed by atoms with Gasteiger partial charge in [0.05, 0.1) is 11.7 Å². The number of nitrogens with zero attached hydrogens (tertiary/aromatic N) is 2. The van der Waals surface area contributed by atoms with Gasteiger partial charge in [-0.1, -0.05) is 26.0 Å². The Morgan fingerprint density at radius 3 is 2.65 bits per heavy atom. The number of H-pyrrole nitrogens is 1. The van der Waals surface area contributed by atoms with Crippen molar-refractivity contribution in [3.63, 3.8) is 0 Å². The third kappa shape index (κ3) is 3.03. The fraction of sp³-hybridized carbons (Fsp3) is 0.357. The van der Waals surface area contributed by atoms with Gasteiger partial charge in [-0.3, -0.25) is 9.89 Å². The van der Waals surface area contributed by atoms with Crippen LogP contribution in [0.3, 0.4) is 0 Å². The molecule has 0 radical (unpaired) electrons. The van der Waals surface area contributed by atoms with Gasteiger partial charge in [-0.05, 0) is 25.0 Å². The average molecular weight is 273 g/mol. The van der Waals surface area contributed by atoms with Gasteiger partial charge in [0.15, 0.2) is 5.82 Å². The minimum atomic E-state index is -0.545. The number of nitrogens with one attached hydrogen (secondary N) is 2. The molecule has 6 nitrogen and oxygen atoms in total. The van der Waals surface area contributed by atoms with Crippen molar-refractivity contribution in [3.8, 4) is 11.4 Å². The summed E-state index contributed by atoms with van der Waals surface area (Å²) in [7, 11) is 0. The number of hydrogen-bond donors (Lipinski definition) is 3. The highest BCUT2D eigenvalue weighted by Gasteiger charge is 2.19. The van der Waals surface area contributed by atoms with Crippen LogP contribution in [0.15, 0.2) is 24.3 Å². The lowest BCUT2D eigenvalue weighted by atomic mass is 10.0. The molecule has 0 saturated heterocycles. The molecule has 0 bridgehead atoms. The number of rotatable bonds is 4. The topological polar surface area (TPSA) is 96.7 Å². The minimum Gasteiger partial charge on any atom is -0.324 e. The molecule has 6 heteroatoms. The molecule has 1 aromatic heterocycles. The van der Waals surface area contributed by atoms with E-state index in [-0.39, 0.29) is 11.8 Å². The molecule has 0 aliphatic heterocycles. The zero-order chi connectivity index (χ0) is 14.7. The Balaban J connectivity index is 2.27. The highest BCUT2D eigenvalue weighted by molar-refractivity contribution is 5.97. The van der Waals surface area contributed by atoms with Gasteiger partial charge in [0, 0.05) is 5.56 Å². The van der Waals surface area contributed by atoms with Gasteiger partial charge in [-0.25, -0.2) is 4.98 Å². The largest absolute Gasteiger partial charge is 0.324 e. The Morgan fingerprint density at radius 1 is 1.35 bits per heavy atom. The van der Waals surface area contributed by atoms with Gasteiger partial charge in [0.25, 0.3) is 0 Å². The summed E-state index contributed by atoms with van der Waals surface area (Å²) in [6.45, 7) is 5.65. The summed E-state index contributed by atoms with van der Waals surface area (Å²) < 4.78 is 0. The number of aromatic amines is 1. The number of anilines is 1. The number of nitrogens with two attached hydrogens (primary N) is 1. The van der Waals surface area contributed by atoms with Gasteiger partial charge in [-0.2, -0.15) is 5.10 Å². The van der Waals surface area contributed by atoms with Crippen LogP contribution in [-0.4, -0.2) is 27.1 Å². The van der Waals surface area contributed by atoms with Crippen LogP contribution in [0.4, 0.5) is 5.69 Å². The third-order valence-electron chi connectivity index (χ3n) is 3.04. The zero-order valence-corrected chi connectivity index (χ0v) is 11.8. The highest BCUT2D eigenvalue weighted by atomic mass is 16.2. The zero-order valence-electron chi connectivity index (χ0n) is 11.8. The smallest absolute Gasteiger partial charge is 0.241 e. The predicted octanol–water partition coefficient (Wildman–Crippen LogP) is 1.70. The van der Waals surface area contributed by atoms with Gasteiger partial charge in [0.2, 0.25) is 5.91 Å². The molecule has 4 N–H and O–H groups in total. The van der Waals surface area contributed by atoms with Crippen LogP contribution < -0.4 is 11.1 Å². The molecule has 1 aromatic carbocycles. The summed E-state index contributed by atoms with van der Waals surface area (Å²) in [4.78, 5) is 16.3. The summed E-state index contributed by atoms with van der Waals surface area (Å²) in [5, 5.41) is 9.75. The summed E-state index contributed by atoms with van der Waals surface area (Å²) in [6.07, 6.45) is 0. The first-order valence-corrected chi connectivity index (χ1v) is 6.54. The van der Waals surface area contributed by atoms with Gasteiger partial charge >= 0.3 is 0 Å². The SMILES string of the molecule is Cc1nc(-c2ccccc2NC(=O)[C@@H](N)C(C)C)n[nH]1. The maximum Gasteiger partial charge on any atom is 0.241 e. The molecule has 0 saturated carbocycles. The minimum absolute atomic E-state index is 0.0768. The Hall–Kier alpha value is -2.21. The number of amides is 1. The number of carbonyl (C=O) groups is 1. The van der Waals surface area contributed by atoms with Crippen molar-refractivity contribution in [2.45, 2.75) is 26.8 Å². The molecular weight excluding hydrogens is 254 g/mol. The Kier molecular flexibility index (Phi) is 4.14. The van der Waals surface area contributed by atoms with E-state index in [0.29, 0.717) is 11.5 Å². The lowest BCUT2D eigenvalue weighted by molar-refractivity contribution is -0.118. The van der Waals surface area contributed by atoms with Gasteiger partial charge in [-0.15, -0.1) is 0 Å². The fourth-order valence-electron chi connectivity index (χ4n) is 1.77. The maximum atomic E-state index is 12.1. The number of para-hydroxylation sites is 1. The first kappa shape index (κ1) is 14.2. The van der Waals surface area contributed by atoms with Crippen LogP contribution in [-0.2, 0) is 4.79 Å². The van der Waals surface area contributed by atoms with Crippen molar-refractivity contribution < 1.29 is 4.79 Å². The first-order chi connectivity index (χ1) is 9.49. The number of aryl methyl sites for hydroxylation is 1. The maximum absolute atomic E-state index is 12.1.